The summed E-state index contributed by atoms with van der Waals surface area (Å²) in [6.07, 6.45) is 0.138. The molecule has 2 heterocycles. The number of likely N-dealkylation sites (tertiary alicyclic amines) is 1. The number of aromatic nitrogens is 1. The number of benzene rings is 1. The van der Waals surface area contributed by atoms with E-state index < -0.39 is 21.8 Å². The van der Waals surface area contributed by atoms with Crippen molar-refractivity contribution in [3.63, 3.8) is 0 Å². The second kappa shape index (κ2) is 5.50. The molecular weight excluding hydrogens is 322 g/mol. The first-order chi connectivity index (χ1) is 10.8. The van der Waals surface area contributed by atoms with Gasteiger partial charge < -0.3 is 9.32 Å². The molecule has 2 aromatic rings. The Hall–Kier alpha value is -2.13. The van der Waals surface area contributed by atoms with E-state index in [2.05, 4.69) is 9.71 Å². The van der Waals surface area contributed by atoms with Crippen molar-refractivity contribution in [3.05, 3.63) is 28.7 Å². The van der Waals surface area contributed by atoms with Gasteiger partial charge in [-0.3, -0.25) is 9.78 Å². The maximum absolute atomic E-state index is 12.5. The van der Waals surface area contributed by atoms with Gasteiger partial charge in [0.25, 0.3) is 0 Å². The van der Waals surface area contributed by atoms with Crippen LogP contribution in [-0.4, -0.2) is 42.8 Å². The molecule has 2 N–H and O–H groups in total. The molecule has 9 heteroatoms. The molecular formula is C14H17N3O5S. The minimum absolute atomic E-state index is 0.0109. The van der Waals surface area contributed by atoms with Crippen molar-refractivity contribution in [2.45, 2.75) is 37.2 Å². The quantitative estimate of drug-likeness (QED) is 0.838. The molecule has 0 radical (unpaired) electrons. The Morgan fingerprint density at radius 2 is 2.09 bits per heavy atom. The van der Waals surface area contributed by atoms with E-state index in [0.717, 1.165) is 0 Å². The van der Waals surface area contributed by atoms with Crippen LogP contribution in [0.3, 0.4) is 0 Å². The van der Waals surface area contributed by atoms with Crippen molar-refractivity contribution in [2.75, 3.05) is 6.54 Å². The second-order valence-corrected chi connectivity index (χ2v) is 7.55. The smallest absolute Gasteiger partial charge is 0.408 e. The zero-order valence-corrected chi connectivity index (χ0v) is 13.5. The van der Waals surface area contributed by atoms with Crippen molar-refractivity contribution >= 4 is 27.0 Å². The van der Waals surface area contributed by atoms with Crippen LogP contribution in [-0.2, 0) is 14.8 Å². The lowest BCUT2D eigenvalue weighted by Gasteiger charge is -2.21. The summed E-state index contributed by atoms with van der Waals surface area (Å²) in [5.41, 5.74) is 0.597. The van der Waals surface area contributed by atoms with Crippen LogP contribution in [0.1, 0.15) is 20.3 Å². The van der Waals surface area contributed by atoms with Crippen LogP contribution in [0.25, 0.3) is 11.1 Å². The molecule has 0 aliphatic carbocycles. The Kier molecular flexibility index (Phi) is 3.77. The maximum atomic E-state index is 12.5. The molecule has 8 nitrogen and oxygen atoms in total. The molecule has 0 saturated carbocycles. The molecule has 1 saturated heterocycles. The van der Waals surface area contributed by atoms with Crippen LogP contribution >= 0.6 is 0 Å². The molecule has 23 heavy (non-hydrogen) atoms. The van der Waals surface area contributed by atoms with Crippen LogP contribution in [0.15, 0.2) is 32.3 Å². The topological polar surface area (TPSA) is 112 Å². The van der Waals surface area contributed by atoms with Crippen molar-refractivity contribution < 1.29 is 17.6 Å². The van der Waals surface area contributed by atoms with E-state index in [1.807, 2.05) is 13.8 Å². The van der Waals surface area contributed by atoms with E-state index >= 15 is 0 Å². The molecule has 0 bridgehead atoms. The number of amides is 1. The molecule has 1 fully saturated rings. The lowest BCUT2D eigenvalue weighted by molar-refractivity contribution is -0.129. The van der Waals surface area contributed by atoms with Gasteiger partial charge in [-0.25, -0.2) is 17.9 Å². The highest BCUT2D eigenvalue weighted by atomic mass is 32.2. The third kappa shape index (κ3) is 3.02. The fraction of sp³-hybridized carbons (Fsp3) is 0.429. The van der Waals surface area contributed by atoms with Gasteiger partial charge in [0.1, 0.15) is 0 Å². The number of aromatic amines is 1. The van der Waals surface area contributed by atoms with E-state index in [0.29, 0.717) is 12.1 Å². The third-order valence-corrected chi connectivity index (χ3v) is 5.32. The Morgan fingerprint density at radius 3 is 2.74 bits per heavy atom. The highest BCUT2D eigenvalue weighted by Gasteiger charge is 2.34. The molecule has 0 spiro atoms. The largest absolute Gasteiger partial charge is 0.417 e. The van der Waals surface area contributed by atoms with Gasteiger partial charge in [0.05, 0.1) is 10.4 Å². The van der Waals surface area contributed by atoms with E-state index in [1.165, 1.54) is 18.2 Å². The minimum atomic E-state index is -3.80. The zero-order chi connectivity index (χ0) is 16.8. The molecule has 1 aliphatic rings. The van der Waals surface area contributed by atoms with Gasteiger partial charge in [-0.15, -0.1) is 0 Å². The van der Waals surface area contributed by atoms with Crippen molar-refractivity contribution in [1.29, 1.82) is 0 Å². The molecule has 1 aliphatic heterocycles. The number of fused-ring (bicyclic) bond motifs is 1. The number of hydrogen-bond acceptors (Lipinski definition) is 5. The number of rotatable bonds is 4. The van der Waals surface area contributed by atoms with Crippen LogP contribution < -0.4 is 10.5 Å². The van der Waals surface area contributed by atoms with E-state index in [9.17, 15) is 18.0 Å². The summed E-state index contributed by atoms with van der Waals surface area (Å²) in [7, 11) is -3.80. The fourth-order valence-electron chi connectivity index (χ4n) is 2.69. The van der Waals surface area contributed by atoms with Crippen molar-refractivity contribution in [3.8, 4) is 0 Å². The fourth-order valence-corrected chi connectivity index (χ4v) is 3.93. The highest BCUT2D eigenvalue weighted by Crippen LogP contribution is 2.20. The average Bonchev–Trinajstić information content (AvgIpc) is 2.98. The molecule has 124 valence electrons. The SMILES string of the molecule is CC(C)N1CC(NS(=O)(=O)c2ccc3[nH]c(=O)oc3c2)CC1=O. The molecule has 1 atom stereocenters. The first kappa shape index (κ1) is 15.8. The lowest BCUT2D eigenvalue weighted by Crippen LogP contribution is -2.38. The Labute approximate surface area is 132 Å². The summed E-state index contributed by atoms with van der Waals surface area (Å²) in [5.74, 6) is -0.712. The molecule has 1 amide bonds. The Balaban J connectivity index is 1.83. The van der Waals surface area contributed by atoms with Gasteiger partial charge in [0, 0.05) is 31.1 Å². The summed E-state index contributed by atoms with van der Waals surface area (Å²) < 4.78 is 32.3. The average molecular weight is 339 g/mol. The number of oxazole rings is 1. The van der Waals surface area contributed by atoms with E-state index in [-0.39, 0.29) is 28.8 Å². The summed E-state index contributed by atoms with van der Waals surface area (Å²) in [5, 5.41) is 0. The summed E-state index contributed by atoms with van der Waals surface area (Å²) in [4.78, 5) is 27.1. The van der Waals surface area contributed by atoms with Crippen LogP contribution in [0.4, 0.5) is 0 Å². The standard InChI is InChI=1S/C14H17N3O5S/c1-8(2)17-7-9(5-13(17)18)16-23(20,21)10-3-4-11-12(6-10)22-14(19)15-11/h3-4,6,8-9,16H,5,7H2,1-2H3,(H,15,19). The third-order valence-electron chi connectivity index (χ3n) is 3.81. The zero-order valence-electron chi connectivity index (χ0n) is 12.7. The Morgan fingerprint density at radius 1 is 1.35 bits per heavy atom. The number of sulfonamides is 1. The number of nitrogens with one attached hydrogen (secondary N) is 2. The number of H-pyrrole nitrogens is 1. The number of nitrogens with zero attached hydrogens (tertiary/aromatic N) is 1. The van der Waals surface area contributed by atoms with Gasteiger partial charge >= 0.3 is 5.76 Å². The number of carbonyl (C=O) groups is 1. The summed E-state index contributed by atoms with van der Waals surface area (Å²) >= 11 is 0. The minimum Gasteiger partial charge on any atom is -0.408 e. The first-order valence-corrected chi connectivity index (χ1v) is 8.69. The normalized spacial score (nSPS) is 19.2. The van der Waals surface area contributed by atoms with Crippen LogP contribution in [0.2, 0.25) is 0 Å². The summed E-state index contributed by atoms with van der Waals surface area (Å²) in [6.45, 7) is 4.12. The monoisotopic (exact) mass is 339 g/mol. The number of carbonyl (C=O) groups excluding carboxylic acids is 1. The molecule has 3 rings (SSSR count). The van der Waals surface area contributed by atoms with E-state index in [1.54, 1.807) is 4.90 Å². The first-order valence-electron chi connectivity index (χ1n) is 7.21. The molecule has 1 unspecified atom stereocenters. The maximum Gasteiger partial charge on any atom is 0.417 e. The molecule has 1 aromatic heterocycles. The predicted octanol–water partition coefficient (Wildman–Crippen LogP) is 0.409. The van der Waals surface area contributed by atoms with Crippen LogP contribution in [0, 0.1) is 0 Å². The number of hydrogen-bond donors (Lipinski definition) is 2. The highest BCUT2D eigenvalue weighted by molar-refractivity contribution is 7.89. The van der Waals surface area contributed by atoms with Gasteiger partial charge in [0.2, 0.25) is 15.9 Å². The lowest BCUT2D eigenvalue weighted by atomic mass is 10.3. The van der Waals surface area contributed by atoms with Crippen molar-refractivity contribution in [1.82, 2.24) is 14.6 Å². The van der Waals surface area contributed by atoms with Crippen LogP contribution in [0.5, 0.6) is 0 Å². The van der Waals surface area contributed by atoms with Gasteiger partial charge in [-0.2, -0.15) is 0 Å². The van der Waals surface area contributed by atoms with Crippen molar-refractivity contribution in [2.24, 2.45) is 0 Å². The van der Waals surface area contributed by atoms with Gasteiger partial charge in [-0.1, -0.05) is 0 Å². The predicted molar refractivity (Wildman–Crippen MR) is 82.4 cm³/mol. The Bertz CT molecular complexity index is 912. The second-order valence-electron chi connectivity index (χ2n) is 5.83. The molecule has 1 aromatic carbocycles. The van der Waals surface area contributed by atoms with Gasteiger partial charge in [0.15, 0.2) is 5.58 Å². The van der Waals surface area contributed by atoms with E-state index in [4.69, 9.17) is 4.42 Å². The van der Waals surface area contributed by atoms with Gasteiger partial charge in [-0.05, 0) is 26.0 Å². The summed E-state index contributed by atoms with van der Waals surface area (Å²) in [6, 6.07) is 3.70.